The number of nitrogens with two attached hydrogens (primary N) is 1. The number of benzene rings is 1. The van der Waals surface area contributed by atoms with Gasteiger partial charge in [-0.05, 0) is 44.9 Å². The molecule has 118 valence electrons. The highest BCUT2D eigenvalue weighted by atomic mass is 16.5. The zero-order valence-electron chi connectivity index (χ0n) is 13.1. The van der Waals surface area contributed by atoms with Crippen molar-refractivity contribution in [2.75, 3.05) is 30.8 Å². The minimum absolute atomic E-state index is 0.237. The average Bonchev–Trinajstić information content (AvgIpc) is 2.45. The number of nitrogen functional groups attached to an aromatic ring is 1. The van der Waals surface area contributed by atoms with E-state index in [4.69, 9.17) is 15.2 Å². The first-order chi connectivity index (χ1) is 10.0. The summed E-state index contributed by atoms with van der Waals surface area (Å²) in [5, 5.41) is 3.24. The fraction of sp³-hybridized carbons (Fsp3) is 0.562. The van der Waals surface area contributed by atoms with Crippen LogP contribution in [0.3, 0.4) is 0 Å². The topological polar surface area (TPSA) is 73.6 Å². The molecule has 0 heterocycles. The second-order valence-electron chi connectivity index (χ2n) is 5.14. The average molecular weight is 294 g/mol. The Hall–Kier alpha value is -1.75. The lowest BCUT2D eigenvalue weighted by atomic mass is 10.1. The van der Waals surface area contributed by atoms with Crippen molar-refractivity contribution in [1.82, 2.24) is 0 Å². The highest BCUT2D eigenvalue weighted by Gasteiger charge is 2.13. The Balaban J connectivity index is 2.58. The van der Waals surface area contributed by atoms with E-state index in [1.807, 2.05) is 20.8 Å². The molecule has 0 saturated carbocycles. The summed E-state index contributed by atoms with van der Waals surface area (Å²) in [7, 11) is 0. The molecule has 0 radical (unpaired) electrons. The van der Waals surface area contributed by atoms with Crippen LogP contribution in [-0.4, -0.2) is 31.8 Å². The first-order valence-corrected chi connectivity index (χ1v) is 7.46. The first kappa shape index (κ1) is 17.3. The summed E-state index contributed by atoms with van der Waals surface area (Å²) in [5.41, 5.74) is 7.52. The van der Waals surface area contributed by atoms with Crippen LogP contribution in [0.4, 0.5) is 11.4 Å². The molecule has 21 heavy (non-hydrogen) atoms. The molecule has 0 unspecified atom stereocenters. The Bertz CT molecular complexity index is 447. The Labute approximate surface area is 126 Å². The molecule has 0 fully saturated rings. The van der Waals surface area contributed by atoms with Crippen molar-refractivity contribution in [3.63, 3.8) is 0 Å². The van der Waals surface area contributed by atoms with E-state index in [2.05, 4.69) is 5.32 Å². The number of anilines is 2. The molecule has 3 N–H and O–H groups in total. The summed E-state index contributed by atoms with van der Waals surface area (Å²) in [6.07, 6.45) is 1.90. The van der Waals surface area contributed by atoms with Gasteiger partial charge in [0.2, 0.25) is 0 Å². The van der Waals surface area contributed by atoms with Gasteiger partial charge in [0.15, 0.2) is 0 Å². The fourth-order valence-corrected chi connectivity index (χ4v) is 1.77. The molecule has 0 aliphatic rings. The lowest BCUT2D eigenvalue weighted by molar-refractivity contribution is 0.0506. The van der Waals surface area contributed by atoms with Gasteiger partial charge in [0.05, 0.1) is 18.3 Å². The van der Waals surface area contributed by atoms with Gasteiger partial charge in [-0.15, -0.1) is 0 Å². The molecule has 0 amide bonds. The number of hydrogen-bond donors (Lipinski definition) is 2. The smallest absolute Gasteiger partial charge is 0.340 e. The third kappa shape index (κ3) is 6.49. The van der Waals surface area contributed by atoms with Crippen molar-refractivity contribution in [2.45, 2.75) is 39.7 Å². The molecule has 0 spiro atoms. The molecule has 1 rings (SSSR count). The van der Waals surface area contributed by atoms with Crippen LogP contribution in [0.1, 0.15) is 44.0 Å². The minimum atomic E-state index is -0.343. The van der Waals surface area contributed by atoms with Crippen molar-refractivity contribution >= 4 is 17.3 Å². The van der Waals surface area contributed by atoms with Crippen molar-refractivity contribution < 1.29 is 14.3 Å². The largest absolute Gasteiger partial charge is 0.462 e. The van der Waals surface area contributed by atoms with E-state index in [1.54, 1.807) is 18.2 Å². The molecule has 1 aromatic rings. The van der Waals surface area contributed by atoms with Gasteiger partial charge in [-0.3, -0.25) is 0 Å². The molecule has 0 aromatic heterocycles. The van der Waals surface area contributed by atoms with E-state index < -0.39 is 0 Å². The summed E-state index contributed by atoms with van der Waals surface area (Å²) >= 11 is 0. The van der Waals surface area contributed by atoms with Gasteiger partial charge in [0.1, 0.15) is 0 Å². The SMILES string of the molecule is CCCOC(=O)c1cc(N)ccc1NCCCOC(C)C. The maximum atomic E-state index is 12.0. The summed E-state index contributed by atoms with van der Waals surface area (Å²) in [4.78, 5) is 12.0. The monoisotopic (exact) mass is 294 g/mol. The van der Waals surface area contributed by atoms with E-state index in [1.165, 1.54) is 0 Å². The molecule has 0 saturated heterocycles. The van der Waals surface area contributed by atoms with Crippen molar-refractivity contribution in [3.05, 3.63) is 23.8 Å². The van der Waals surface area contributed by atoms with Gasteiger partial charge in [-0.1, -0.05) is 6.92 Å². The lowest BCUT2D eigenvalue weighted by Crippen LogP contribution is -2.13. The summed E-state index contributed by atoms with van der Waals surface area (Å²) in [6.45, 7) is 7.81. The van der Waals surface area contributed by atoms with Crippen molar-refractivity contribution in [1.29, 1.82) is 0 Å². The Kier molecular flexibility index (Phi) is 7.61. The van der Waals surface area contributed by atoms with Gasteiger partial charge >= 0.3 is 5.97 Å². The third-order valence-electron chi connectivity index (χ3n) is 2.79. The molecular formula is C16H26N2O3. The van der Waals surface area contributed by atoms with E-state index in [-0.39, 0.29) is 12.1 Å². The van der Waals surface area contributed by atoms with Crippen LogP contribution in [0.15, 0.2) is 18.2 Å². The second kappa shape index (κ2) is 9.23. The van der Waals surface area contributed by atoms with Crippen molar-refractivity contribution in [2.24, 2.45) is 0 Å². The van der Waals surface area contributed by atoms with Gasteiger partial charge in [0, 0.05) is 24.5 Å². The normalized spacial score (nSPS) is 10.7. The van der Waals surface area contributed by atoms with Gasteiger partial charge < -0.3 is 20.5 Å². The quantitative estimate of drug-likeness (QED) is 0.416. The third-order valence-corrected chi connectivity index (χ3v) is 2.79. The Morgan fingerprint density at radius 2 is 2.10 bits per heavy atom. The van der Waals surface area contributed by atoms with E-state index in [9.17, 15) is 4.79 Å². The van der Waals surface area contributed by atoms with Crippen LogP contribution in [-0.2, 0) is 9.47 Å². The molecule has 0 bridgehead atoms. The van der Waals surface area contributed by atoms with Gasteiger partial charge in [-0.25, -0.2) is 4.79 Å². The van der Waals surface area contributed by atoms with Crippen LogP contribution in [0.5, 0.6) is 0 Å². The van der Waals surface area contributed by atoms with E-state index in [0.29, 0.717) is 24.5 Å². The van der Waals surface area contributed by atoms with Crippen LogP contribution in [0.2, 0.25) is 0 Å². The minimum Gasteiger partial charge on any atom is -0.462 e. The lowest BCUT2D eigenvalue weighted by Gasteiger charge is -2.13. The summed E-state index contributed by atoms with van der Waals surface area (Å²) < 4.78 is 10.7. The van der Waals surface area contributed by atoms with Crippen LogP contribution >= 0.6 is 0 Å². The maximum absolute atomic E-state index is 12.0. The van der Waals surface area contributed by atoms with Gasteiger partial charge in [0.25, 0.3) is 0 Å². The number of esters is 1. The summed E-state index contributed by atoms with van der Waals surface area (Å²) in [5.74, 6) is -0.343. The number of carbonyl (C=O) groups is 1. The van der Waals surface area contributed by atoms with E-state index >= 15 is 0 Å². The number of carbonyl (C=O) groups excluding carboxylic acids is 1. The number of hydrogen-bond acceptors (Lipinski definition) is 5. The predicted molar refractivity (Wildman–Crippen MR) is 85.6 cm³/mol. The Morgan fingerprint density at radius 1 is 1.33 bits per heavy atom. The maximum Gasteiger partial charge on any atom is 0.340 e. The highest BCUT2D eigenvalue weighted by Crippen LogP contribution is 2.20. The molecule has 0 aliphatic heterocycles. The molecule has 0 atom stereocenters. The molecule has 5 nitrogen and oxygen atoms in total. The molecular weight excluding hydrogens is 268 g/mol. The molecule has 0 aliphatic carbocycles. The number of nitrogens with one attached hydrogen (secondary N) is 1. The standard InChI is InChI=1S/C16H26N2O3/c1-4-9-21-16(19)14-11-13(17)6-7-15(14)18-8-5-10-20-12(2)3/h6-7,11-12,18H,4-5,8-10,17H2,1-3H3. The summed E-state index contributed by atoms with van der Waals surface area (Å²) in [6, 6.07) is 5.22. The van der Waals surface area contributed by atoms with E-state index in [0.717, 1.165) is 25.1 Å². The number of rotatable bonds is 9. The van der Waals surface area contributed by atoms with Crippen LogP contribution in [0.25, 0.3) is 0 Å². The van der Waals surface area contributed by atoms with Crippen LogP contribution in [0, 0.1) is 0 Å². The first-order valence-electron chi connectivity index (χ1n) is 7.46. The zero-order valence-corrected chi connectivity index (χ0v) is 13.1. The molecule has 5 heteroatoms. The van der Waals surface area contributed by atoms with Crippen molar-refractivity contribution in [3.8, 4) is 0 Å². The zero-order chi connectivity index (χ0) is 15.7. The van der Waals surface area contributed by atoms with Crippen LogP contribution < -0.4 is 11.1 Å². The predicted octanol–water partition coefficient (Wildman–Crippen LogP) is 3.06. The number of ether oxygens (including phenoxy) is 2. The fourth-order valence-electron chi connectivity index (χ4n) is 1.77. The highest BCUT2D eigenvalue weighted by molar-refractivity contribution is 5.96. The Morgan fingerprint density at radius 3 is 2.76 bits per heavy atom. The van der Waals surface area contributed by atoms with Gasteiger partial charge in [-0.2, -0.15) is 0 Å². The second-order valence-corrected chi connectivity index (χ2v) is 5.14. The molecule has 1 aromatic carbocycles.